The highest BCUT2D eigenvalue weighted by molar-refractivity contribution is 5.74. The van der Waals surface area contributed by atoms with Gasteiger partial charge in [-0.2, -0.15) is 0 Å². The number of hydrogen-bond donors (Lipinski definition) is 2. The Kier molecular flexibility index (Phi) is 3.88. The molecular formula is C15H12F2N4O2. The Morgan fingerprint density at radius 1 is 1.17 bits per heavy atom. The minimum atomic E-state index is -0.665. The predicted octanol–water partition coefficient (Wildman–Crippen LogP) is 3.40. The second-order valence-electron chi connectivity index (χ2n) is 4.94. The van der Waals surface area contributed by atoms with E-state index in [2.05, 4.69) is 15.3 Å². The minimum Gasteiger partial charge on any atom is -0.379 e. The highest BCUT2D eigenvalue weighted by Crippen LogP contribution is 2.24. The molecule has 0 amide bonds. The third kappa shape index (κ3) is 3.25. The van der Waals surface area contributed by atoms with Crippen LogP contribution in [0.5, 0.6) is 0 Å². The molecule has 0 saturated carbocycles. The van der Waals surface area contributed by atoms with E-state index in [4.69, 9.17) is 0 Å². The number of hydrogen-bond acceptors (Lipinski definition) is 4. The van der Waals surface area contributed by atoms with Crippen molar-refractivity contribution in [1.82, 2.24) is 9.97 Å². The number of nitrogens with zero attached hydrogens (tertiary/aromatic N) is 2. The summed E-state index contributed by atoms with van der Waals surface area (Å²) in [5.74, 6) is -0.391. The van der Waals surface area contributed by atoms with Crippen molar-refractivity contribution in [3.8, 4) is 0 Å². The number of nitro benzene ring substituents is 1. The molecule has 0 radical (unpaired) electrons. The van der Waals surface area contributed by atoms with Gasteiger partial charge in [0.15, 0.2) is 0 Å². The first-order chi connectivity index (χ1) is 11.0. The van der Waals surface area contributed by atoms with E-state index in [-0.39, 0.29) is 17.2 Å². The number of nitrogens with one attached hydrogen (secondary N) is 2. The number of halogens is 2. The van der Waals surface area contributed by atoms with Crippen molar-refractivity contribution in [3.63, 3.8) is 0 Å². The molecule has 3 aromatic rings. The average Bonchev–Trinajstić information content (AvgIpc) is 2.90. The second kappa shape index (κ2) is 5.99. The lowest BCUT2D eigenvalue weighted by Crippen LogP contribution is -2.08. The molecule has 23 heavy (non-hydrogen) atoms. The normalized spacial score (nSPS) is 10.9. The van der Waals surface area contributed by atoms with Gasteiger partial charge in [-0.3, -0.25) is 10.1 Å². The van der Waals surface area contributed by atoms with Crippen molar-refractivity contribution in [2.45, 2.75) is 6.42 Å². The van der Waals surface area contributed by atoms with E-state index in [1.165, 1.54) is 18.2 Å². The van der Waals surface area contributed by atoms with Gasteiger partial charge in [-0.25, -0.2) is 13.8 Å². The van der Waals surface area contributed by atoms with Gasteiger partial charge in [-0.15, -0.1) is 0 Å². The fourth-order valence-electron chi connectivity index (χ4n) is 2.27. The van der Waals surface area contributed by atoms with Crippen LogP contribution in [0.15, 0.2) is 36.4 Å². The quantitative estimate of drug-likeness (QED) is 0.558. The number of nitro groups is 1. The molecule has 0 saturated heterocycles. The number of anilines is 1. The van der Waals surface area contributed by atoms with Crippen LogP contribution in [0.25, 0.3) is 11.0 Å². The minimum absolute atomic E-state index is 0.235. The van der Waals surface area contributed by atoms with Crippen LogP contribution in [0.4, 0.5) is 20.2 Å². The second-order valence-corrected chi connectivity index (χ2v) is 4.94. The first kappa shape index (κ1) is 14.9. The SMILES string of the molecule is O=[N+]([O-])c1cc(F)ccc1NCCc1nc2ccc(F)cc2[nH]1. The van der Waals surface area contributed by atoms with Crippen LogP contribution >= 0.6 is 0 Å². The van der Waals surface area contributed by atoms with E-state index < -0.39 is 10.7 Å². The summed E-state index contributed by atoms with van der Waals surface area (Å²) in [6, 6.07) is 7.59. The van der Waals surface area contributed by atoms with Crippen LogP contribution in [-0.4, -0.2) is 21.4 Å². The summed E-state index contributed by atoms with van der Waals surface area (Å²) in [6.45, 7) is 0.356. The number of imidazole rings is 1. The van der Waals surface area contributed by atoms with Crippen molar-refractivity contribution >= 4 is 22.4 Å². The molecule has 3 rings (SSSR count). The van der Waals surface area contributed by atoms with Crippen LogP contribution in [0.2, 0.25) is 0 Å². The van der Waals surface area contributed by atoms with Gasteiger partial charge in [-0.05, 0) is 30.3 Å². The van der Waals surface area contributed by atoms with Gasteiger partial charge in [0.2, 0.25) is 0 Å². The lowest BCUT2D eigenvalue weighted by molar-refractivity contribution is -0.384. The molecule has 0 aliphatic rings. The molecule has 0 aliphatic heterocycles. The largest absolute Gasteiger partial charge is 0.379 e. The molecule has 2 N–H and O–H groups in total. The standard InChI is InChI=1S/C15H12F2N4O2/c16-9-1-3-11-13(7-9)20-15(19-11)5-6-18-12-4-2-10(17)8-14(12)21(22)23/h1-4,7-8,18H,5-6H2,(H,19,20). The number of aromatic nitrogens is 2. The highest BCUT2D eigenvalue weighted by Gasteiger charge is 2.14. The lowest BCUT2D eigenvalue weighted by atomic mass is 10.2. The Hall–Kier alpha value is -3.03. The summed E-state index contributed by atoms with van der Waals surface area (Å²) in [5.41, 5.74) is 1.15. The maximum absolute atomic E-state index is 13.1. The molecule has 6 nitrogen and oxygen atoms in total. The number of aromatic amines is 1. The van der Waals surface area contributed by atoms with Gasteiger partial charge in [0.1, 0.15) is 23.1 Å². The summed E-state index contributed by atoms with van der Waals surface area (Å²) in [5, 5.41) is 13.8. The van der Waals surface area contributed by atoms with Crippen molar-refractivity contribution in [3.05, 3.63) is 64.0 Å². The van der Waals surface area contributed by atoms with Crippen LogP contribution in [0.1, 0.15) is 5.82 Å². The zero-order valence-corrected chi connectivity index (χ0v) is 11.8. The number of fused-ring (bicyclic) bond motifs is 1. The monoisotopic (exact) mass is 318 g/mol. The summed E-state index contributed by atoms with van der Waals surface area (Å²) in [7, 11) is 0. The molecule has 118 valence electrons. The summed E-state index contributed by atoms with van der Waals surface area (Å²) < 4.78 is 26.2. The zero-order valence-electron chi connectivity index (χ0n) is 11.8. The van der Waals surface area contributed by atoms with Gasteiger partial charge in [0.25, 0.3) is 5.69 Å². The van der Waals surface area contributed by atoms with Gasteiger partial charge in [0, 0.05) is 13.0 Å². The van der Waals surface area contributed by atoms with E-state index in [1.54, 1.807) is 6.07 Å². The number of benzene rings is 2. The van der Waals surface area contributed by atoms with Crippen LogP contribution < -0.4 is 5.32 Å². The van der Waals surface area contributed by atoms with Crippen molar-refractivity contribution in [2.24, 2.45) is 0 Å². The molecule has 8 heteroatoms. The maximum Gasteiger partial charge on any atom is 0.295 e. The van der Waals surface area contributed by atoms with Gasteiger partial charge < -0.3 is 10.3 Å². The van der Waals surface area contributed by atoms with Crippen molar-refractivity contribution < 1.29 is 13.7 Å². The first-order valence-electron chi connectivity index (χ1n) is 6.85. The van der Waals surface area contributed by atoms with Gasteiger partial charge >= 0.3 is 0 Å². The molecule has 1 heterocycles. The maximum atomic E-state index is 13.1. The molecule has 0 fully saturated rings. The molecule has 2 aromatic carbocycles. The van der Waals surface area contributed by atoms with Gasteiger partial charge in [0.05, 0.1) is 22.0 Å². The topological polar surface area (TPSA) is 83.8 Å². The third-order valence-electron chi connectivity index (χ3n) is 3.33. The lowest BCUT2D eigenvalue weighted by Gasteiger charge is -2.06. The Morgan fingerprint density at radius 3 is 2.70 bits per heavy atom. The molecule has 0 unspecified atom stereocenters. The molecule has 0 spiro atoms. The van der Waals surface area contributed by atoms with Crippen LogP contribution in [0.3, 0.4) is 0 Å². The summed E-state index contributed by atoms with van der Waals surface area (Å²) in [6.07, 6.45) is 0.449. The smallest absolute Gasteiger partial charge is 0.295 e. The van der Waals surface area contributed by atoms with Crippen molar-refractivity contribution in [1.29, 1.82) is 0 Å². The van der Waals surface area contributed by atoms with Crippen LogP contribution in [0, 0.1) is 21.7 Å². The molecule has 0 atom stereocenters. The van der Waals surface area contributed by atoms with E-state index in [0.717, 1.165) is 12.1 Å². The number of H-pyrrole nitrogens is 1. The molecular weight excluding hydrogens is 306 g/mol. The molecule has 0 aliphatic carbocycles. The van der Waals surface area contributed by atoms with E-state index in [9.17, 15) is 18.9 Å². The average molecular weight is 318 g/mol. The van der Waals surface area contributed by atoms with E-state index >= 15 is 0 Å². The Morgan fingerprint density at radius 2 is 1.91 bits per heavy atom. The third-order valence-corrected chi connectivity index (χ3v) is 3.33. The fraction of sp³-hybridized carbons (Fsp3) is 0.133. The number of rotatable bonds is 5. The zero-order chi connectivity index (χ0) is 16.4. The highest BCUT2D eigenvalue weighted by atomic mass is 19.1. The molecule has 1 aromatic heterocycles. The summed E-state index contributed by atoms with van der Waals surface area (Å²) >= 11 is 0. The Balaban J connectivity index is 1.70. The van der Waals surface area contributed by atoms with Gasteiger partial charge in [-0.1, -0.05) is 0 Å². The Bertz CT molecular complexity index is 879. The van der Waals surface area contributed by atoms with E-state index in [0.29, 0.717) is 29.8 Å². The molecule has 0 bridgehead atoms. The first-order valence-corrected chi connectivity index (χ1v) is 6.85. The Labute approximate surface area is 129 Å². The van der Waals surface area contributed by atoms with Crippen molar-refractivity contribution in [2.75, 3.05) is 11.9 Å². The summed E-state index contributed by atoms with van der Waals surface area (Å²) in [4.78, 5) is 17.5. The van der Waals surface area contributed by atoms with Crippen LogP contribution in [-0.2, 0) is 6.42 Å². The fourth-order valence-corrected chi connectivity index (χ4v) is 2.27. The predicted molar refractivity (Wildman–Crippen MR) is 81.3 cm³/mol. The van der Waals surface area contributed by atoms with E-state index in [1.807, 2.05) is 0 Å².